The van der Waals surface area contributed by atoms with Crippen molar-refractivity contribution in [3.63, 3.8) is 0 Å². The van der Waals surface area contributed by atoms with Crippen molar-refractivity contribution in [3.05, 3.63) is 83.4 Å². The van der Waals surface area contributed by atoms with Gasteiger partial charge in [0.05, 0.1) is 11.3 Å². The number of piperidine rings is 1. The van der Waals surface area contributed by atoms with Crippen molar-refractivity contribution < 1.29 is 18.4 Å². The molecule has 2 aromatic carbocycles. The molecule has 0 unspecified atom stereocenters. The number of aromatic amines is 1. The summed E-state index contributed by atoms with van der Waals surface area (Å²) >= 11 is 1.57. The third-order valence-electron chi connectivity index (χ3n) is 7.78. The van der Waals surface area contributed by atoms with E-state index in [1.165, 1.54) is 12.1 Å². The third-order valence-corrected chi connectivity index (χ3v) is 8.53. The molecule has 0 radical (unpaired) electrons. The molecule has 0 bridgehead atoms. The highest BCUT2D eigenvalue weighted by molar-refractivity contribution is 7.99. The van der Waals surface area contributed by atoms with Gasteiger partial charge in [-0.2, -0.15) is 0 Å². The van der Waals surface area contributed by atoms with Gasteiger partial charge in [-0.1, -0.05) is 11.9 Å². The summed E-state index contributed by atoms with van der Waals surface area (Å²) in [4.78, 5) is 36.1. The van der Waals surface area contributed by atoms with Gasteiger partial charge in [0.1, 0.15) is 28.5 Å². The highest BCUT2D eigenvalue weighted by Gasteiger charge is 2.31. The first-order valence-corrected chi connectivity index (χ1v) is 14.7. The summed E-state index contributed by atoms with van der Waals surface area (Å²) in [5, 5.41) is 4.31. The molecule has 2 amide bonds. The Morgan fingerprint density at radius 1 is 1.20 bits per heavy atom. The molecule has 0 spiro atoms. The molecule has 2 N–H and O–H groups in total. The number of carbonyl (C=O) groups is 2. The van der Waals surface area contributed by atoms with E-state index in [1.807, 2.05) is 48.5 Å². The molecule has 0 aliphatic carbocycles. The molecule has 1 aliphatic rings. The summed E-state index contributed by atoms with van der Waals surface area (Å²) in [6, 6.07) is 15.6. The zero-order chi connectivity index (χ0) is 28.7. The Morgan fingerprint density at radius 2 is 2.00 bits per heavy atom. The molecular formula is C31H30FN5O3S. The molecule has 210 valence electrons. The monoisotopic (exact) mass is 571 g/mol. The number of anilines is 1. The van der Waals surface area contributed by atoms with Crippen molar-refractivity contribution in [2.75, 3.05) is 37.7 Å². The number of rotatable bonds is 6. The zero-order valence-electron chi connectivity index (χ0n) is 23.0. The second kappa shape index (κ2) is 10.9. The maximum atomic E-state index is 13.7. The smallest absolute Gasteiger partial charge is 0.270 e. The molecule has 1 fully saturated rings. The fourth-order valence-corrected chi connectivity index (χ4v) is 6.02. The summed E-state index contributed by atoms with van der Waals surface area (Å²) in [5.41, 5.74) is 4.81. The number of furan rings is 1. The Morgan fingerprint density at radius 3 is 2.73 bits per heavy atom. The number of amides is 2. The predicted molar refractivity (Wildman–Crippen MR) is 161 cm³/mol. The molecular weight excluding hydrogens is 541 g/mol. The number of nitrogens with one attached hydrogen (secondary N) is 2. The van der Waals surface area contributed by atoms with Gasteiger partial charge in [0.25, 0.3) is 11.8 Å². The Kier molecular flexibility index (Phi) is 7.17. The fourth-order valence-electron chi connectivity index (χ4n) is 5.66. The number of aromatic nitrogens is 2. The van der Waals surface area contributed by atoms with E-state index in [0.29, 0.717) is 52.3 Å². The van der Waals surface area contributed by atoms with Gasteiger partial charge in [0.2, 0.25) is 0 Å². The van der Waals surface area contributed by atoms with Gasteiger partial charge in [0.15, 0.2) is 0 Å². The van der Waals surface area contributed by atoms with E-state index in [2.05, 4.69) is 19.6 Å². The molecule has 6 rings (SSSR count). The van der Waals surface area contributed by atoms with E-state index >= 15 is 0 Å². The largest absolute Gasteiger partial charge is 0.455 e. The van der Waals surface area contributed by atoms with Crippen LogP contribution in [0.25, 0.3) is 33.3 Å². The van der Waals surface area contributed by atoms with Gasteiger partial charge in [-0.15, -0.1) is 0 Å². The van der Waals surface area contributed by atoms with Crippen LogP contribution in [0.3, 0.4) is 0 Å². The van der Waals surface area contributed by atoms with Gasteiger partial charge < -0.3 is 23.9 Å². The van der Waals surface area contributed by atoms with Gasteiger partial charge in [-0.05, 0) is 66.9 Å². The van der Waals surface area contributed by atoms with Crippen LogP contribution in [0.2, 0.25) is 0 Å². The second-order valence-corrected chi connectivity index (χ2v) is 11.1. The topological polar surface area (TPSA) is 94.5 Å². The Labute approximate surface area is 241 Å². The lowest BCUT2D eigenvalue weighted by Gasteiger charge is -2.34. The van der Waals surface area contributed by atoms with Gasteiger partial charge >= 0.3 is 0 Å². The van der Waals surface area contributed by atoms with Gasteiger partial charge in [-0.25, -0.2) is 9.37 Å². The maximum absolute atomic E-state index is 13.7. The molecule has 4 heterocycles. The van der Waals surface area contributed by atoms with E-state index in [0.717, 1.165) is 29.5 Å². The molecule has 1 aliphatic heterocycles. The zero-order valence-corrected chi connectivity index (χ0v) is 23.8. The van der Waals surface area contributed by atoms with Crippen LogP contribution in [0.4, 0.5) is 10.1 Å². The average Bonchev–Trinajstić information content (AvgIpc) is 3.61. The van der Waals surface area contributed by atoms with Crippen molar-refractivity contribution in [2.45, 2.75) is 18.8 Å². The lowest BCUT2D eigenvalue weighted by molar-refractivity contribution is 0.0702. The number of pyridine rings is 1. The van der Waals surface area contributed by atoms with E-state index in [4.69, 9.17) is 4.42 Å². The summed E-state index contributed by atoms with van der Waals surface area (Å²) in [6.07, 6.45) is 5.45. The number of halogens is 1. The van der Waals surface area contributed by atoms with Crippen LogP contribution >= 0.6 is 11.9 Å². The summed E-state index contributed by atoms with van der Waals surface area (Å²) in [5.74, 6) is -0.264. The first-order chi connectivity index (χ1) is 19.9. The number of benzene rings is 2. The summed E-state index contributed by atoms with van der Waals surface area (Å²) in [6.45, 7) is 1.21. The van der Waals surface area contributed by atoms with Crippen LogP contribution < -0.4 is 9.62 Å². The Balaban J connectivity index is 1.42. The van der Waals surface area contributed by atoms with Crippen LogP contribution in [0.5, 0.6) is 0 Å². The second-order valence-electron chi connectivity index (χ2n) is 10.2. The lowest BCUT2D eigenvalue weighted by Crippen LogP contribution is -2.39. The van der Waals surface area contributed by atoms with E-state index in [-0.39, 0.29) is 23.5 Å². The first-order valence-electron chi connectivity index (χ1n) is 13.5. The molecule has 8 nitrogen and oxygen atoms in total. The van der Waals surface area contributed by atoms with E-state index in [9.17, 15) is 14.0 Å². The van der Waals surface area contributed by atoms with Crippen molar-refractivity contribution in [3.8, 4) is 11.3 Å². The third kappa shape index (κ3) is 4.93. The van der Waals surface area contributed by atoms with E-state index in [1.54, 1.807) is 37.3 Å². The van der Waals surface area contributed by atoms with Crippen molar-refractivity contribution in [2.24, 2.45) is 0 Å². The molecule has 3 aromatic heterocycles. The van der Waals surface area contributed by atoms with Crippen LogP contribution in [0.1, 0.15) is 45.2 Å². The number of nitrogens with zero attached hydrogens (tertiary/aromatic N) is 3. The molecule has 5 aromatic rings. The maximum Gasteiger partial charge on any atom is 0.270 e. The lowest BCUT2D eigenvalue weighted by atomic mass is 9.88. The molecule has 1 saturated heterocycles. The van der Waals surface area contributed by atoms with Crippen LogP contribution in [0, 0.1) is 5.82 Å². The standard InChI is InChI=1S/C31H30FN5O3S/c1-33-30(38)27-23-15-22(25(36(2)41-3)16-26(23)40-28(27)18-8-10-21(32)11-9-18)20-7-5-13-37(17-20)31(39)24-14-19-6-4-12-34-29(19)35-24/h4,6,8-12,14-16,20H,5,7,13,17H2,1-3H3,(H,33,38)(H,34,35)/t20-/m1/s1. The molecule has 41 heavy (non-hydrogen) atoms. The minimum absolute atomic E-state index is 0.0471. The molecule has 0 saturated carbocycles. The molecule has 10 heteroatoms. The highest BCUT2D eigenvalue weighted by Crippen LogP contribution is 2.42. The number of carbonyl (C=O) groups excluding carboxylic acids is 2. The minimum atomic E-state index is -0.363. The van der Waals surface area contributed by atoms with Gasteiger partial charge in [-0.3, -0.25) is 9.59 Å². The quantitative estimate of drug-likeness (QED) is 0.236. The average molecular weight is 572 g/mol. The number of likely N-dealkylation sites (tertiary alicyclic amines) is 1. The Hall–Kier alpha value is -4.31. The number of fused-ring (bicyclic) bond motifs is 2. The van der Waals surface area contributed by atoms with Crippen molar-refractivity contribution >= 4 is 51.5 Å². The highest BCUT2D eigenvalue weighted by atomic mass is 32.2. The van der Waals surface area contributed by atoms with Crippen LogP contribution in [0.15, 0.2) is 65.2 Å². The first kappa shape index (κ1) is 26.9. The van der Waals surface area contributed by atoms with Crippen molar-refractivity contribution in [1.29, 1.82) is 0 Å². The number of hydrogen-bond donors (Lipinski definition) is 2. The predicted octanol–water partition coefficient (Wildman–Crippen LogP) is 6.21. The minimum Gasteiger partial charge on any atom is -0.455 e. The Bertz CT molecular complexity index is 1730. The van der Waals surface area contributed by atoms with Crippen molar-refractivity contribution in [1.82, 2.24) is 20.2 Å². The number of hydrogen-bond acceptors (Lipinski definition) is 6. The summed E-state index contributed by atoms with van der Waals surface area (Å²) < 4.78 is 22.0. The van der Waals surface area contributed by atoms with Crippen LogP contribution in [-0.2, 0) is 0 Å². The van der Waals surface area contributed by atoms with Gasteiger partial charge in [0, 0.05) is 68.0 Å². The van der Waals surface area contributed by atoms with Crippen LogP contribution in [-0.4, -0.2) is 60.1 Å². The van der Waals surface area contributed by atoms with E-state index < -0.39 is 0 Å². The molecule has 1 atom stereocenters. The fraction of sp³-hybridized carbons (Fsp3) is 0.258. The SMILES string of the molecule is CNC(=O)c1c(-c2ccc(F)cc2)oc2cc(N(C)SC)c([C@@H]3CCCN(C(=O)c4cc5cccnc5[nH]4)C3)cc12. The summed E-state index contributed by atoms with van der Waals surface area (Å²) in [7, 11) is 3.57. The number of H-pyrrole nitrogens is 1. The normalized spacial score (nSPS) is 15.4.